The molecule has 0 aliphatic carbocycles. The summed E-state index contributed by atoms with van der Waals surface area (Å²) in [6.45, 7) is 5.48. The molecule has 2 fully saturated rings. The second-order valence-electron chi connectivity index (χ2n) is 7.40. The largest absolute Gasteiger partial charge is 0.493 e. The Kier molecular flexibility index (Phi) is 8.47. The molecule has 2 aliphatic rings. The molecule has 166 valence electrons. The van der Waals surface area contributed by atoms with Gasteiger partial charge in [0.1, 0.15) is 4.32 Å². The Balaban J connectivity index is 1.52. The van der Waals surface area contributed by atoms with E-state index in [9.17, 15) is 4.79 Å². The van der Waals surface area contributed by atoms with Crippen molar-refractivity contribution in [3.05, 3.63) is 23.8 Å². The summed E-state index contributed by atoms with van der Waals surface area (Å²) in [6.07, 6.45) is 2.57. The summed E-state index contributed by atoms with van der Waals surface area (Å²) in [6, 6.07) is 6.47. The van der Waals surface area contributed by atoms with Crippen molar-refractivity contribution in [1.82, 2.24) is 14.7 Å². The highest BCUT2D eigenvalue weighted by atomic mass is 32.2. The first kappa shape index (κ1) is 23.0. The van der Waals surface area contributed by atoms with E-state index in [0.717, 1.165) is 67.3 Å². The maximum Gasteiger partial charge on any atom is 0.409 e. The zero-order chi connectivity index (χ0) is 21.5. The summed E-state index contributed by atoms with van der Waals surface area (Å²) < 4.78 is 16.8. The minimum Gasteiger partial charge on any atom is -0.493 e. The van der Waals surface area contributed by atoms with Crippen LogP contribution in [0.5, 0.6) is 11.5 Å². The monoisotopic (exact) mass is 453 g/mol. The number of methoxy groups -OCH3 is 2. The van der Waals surface area contributed by atoms with Crippen molar-refractivity contribution >= 4 is 34.4 Å². The second-order valence-corrected chi connectivity index (χ2v) is 8.98. The number of hydrogen-bond donors (Lipinski definition) is 0. The van der Waals surface area contributed by atoms with Crippen molar-refractivity contribution in [3.63, 3.8) is 0 Å². The number of nitrogens with zero attached hydrogens (tertiary/aromatic N) is 3. The summed E-state index contributed by atoms with van der Waals surface area (Å²) in [5.41, 5.74) is 1.22. The number of benzene rings is 1. The third-order valence-electron chi connectivity index (χ3n) is 5.55. The van der Waals surface area contributed by atoms with Crippen molar-refractivity contribution in [3.8, 4) is 11.5 Å². The van der Waals surface area contributed by atoms with E-state index < -0.39 is 0 Å². The van der Waals surface area contributed by atoms with Crippen LogP contribution in [0.15, 0.2) is 18.2 Å². The summed E-state index contributed by atoms with van der Waals surface area (Å²) in [7, 11) is 3.31. The molecule has 0 N–H and O–H groups in total. The van der Waals surface area contributed by atoms with Gasteiger partial charge in [-0.1, -0.05) is 30.0 Å². The smallest absolute Gasteiger partial charge is 0.409 e. The first-order chi connectivity index (χ1) is 14.5. The molecular weight excluding hydrogens is 422 g/mol. The molecule has 2 heterocycles. The molecule has 0 unspecified atom stereocenters. The van der Waals surface area contributed by atoms with E-state index in [0.29, 0.717) is 12.6 Å². The summed E-state index contributed by atoms with van der Waals surface area (Å²) in [4.78, 5) is 18.5. The van der Waals surface area contributed by atoms with Crippen LogP contribution in [0.1, 0.15) is 25.3 Å². The van der Waals surface area contributed by atoms with Gasteiger partial charge in [0.15, 0.2) is 11.5 Å². The highest BCUT2D eigenvalue weighted by Gasteiger charge is 2.32. The molecule has 0 atom stereocenters. The zero-order valence-corrected chi connectivity index (χ0v) is 19.6. The number of rotatable bonds is 7. The van der Waals surface area contributed by atoms with Crippen LogP contribution in [0, 0.1) is 0 Å². The van der Waals surface area contributed by atoms with Crippen molar-refractivity contribution in [2.45, 2.75) is 32.2 Å². The lowest BCUT2D eigenvalue weighted by atomic mass is 10.0. The molecule has 0 radical (unpaired) electrons. The summed E-state index contributed by atoms with van der Waals surface area (Å²) in [5.74, 6) is 2.42. The van der Waals surface area contributed by atoms with E-state index in [1.165, 1.54) is 5.56 Å². The third kappa shape index (κ3) is 5.70. The number of piperidine rings is 1. The Morgan fingerprint density at radius 2 is 1.93 bits per heavy atom. The molecule has 0 aromatic heterocycles. The molecule has 1 aromatic carbocycles. The average Bonchev–Trinajstić information content (AvgIpc) is 2.78. The van der Waals surface area contributed by atoms with Gasteiger partial charge in [-0.2, -0.15) is 0 Å². The van der Waals surface area contributed by atoms with E-state index in [1.807, 2.05) is 19.1 Å². The highest BCUT2D eigenvalue weighted by Crippen LogP contribution is 2.29. The van der Waals surface area contributed by atoms with Crippen LogP contribution in [0.25, 0.3) is 0 Å². The van der Waals surface area contributed by atoms with Crippen molar-refractivity contribution in [1.29, 1.82) is 0 Å². The molecule has 1 aromatic rings. The van der Waals surface area contributed by atoms with Gasteiger partial charge in [0.2, 0.25) is 0 Å². The van der Waals surface area contributed by atoms with Gasteiger partial charge in [-0.3, -0.25) is 4.90 Å². The number of likely N-dealkylation sites (tertiary alicyclic amines) is 1. The van der Waals surface area contributed by atoms with Gasteiger partial charge in [-0.05, 0) is 43.9 Å². The molecular formula is C21H31N3O4S2. The lowest BCUT2D eigenvalue weighted by molar-refractivity contribution is 0.0791. The highest BCUT2D eigenvalue weighted by molar-refractivity contribution is 8.22. The standard InChI is InChI=1S/C21H31N3O4S2/c1-4-28-20(25)23-11-8-17(9-12-23)24-14-22(15-30-21(24)29)10-7-16-5-6-18(26-2)19(13-16)27-3/h5-6,13,17H,4,7-12,14-15H2,1-3H3. The molecule has 3 rings (SSSR count). The van der Waals surface area contributed by atoms with Gasteiger partial charge < -0.3 is 24.0 Å². The molecule has 9 heteroatoms. The summed E-state index contributed by atoms with van der Waals surface area (Å²) >= 11 is 7.37. The van der Waals surface area contributed by atoms with E-state index in [4.69, 9.17) is 26.4 Å². The average molecular weight is 454 g/mol. The quantitative estimate of drug-likeness (QED) is 0.582. The lowest BCUT2D eigenvalue weighted by Crippen LogP contribution is -2.53. The minimum absolute atomic E-state index is 0.205. The molecule has 0 spiro atoms. The molecule has 30 heavy (non-hydrogen) atoms. The maximum atomic E-state index is 11.9. The van der Waals surface area contributed by atoms with Crippen LogP contribution in [-0.4, -0.2) is 84.2 Å². The van der Waals surface area contributed by atoms with E-state index in [-0.39, 0.29) is 6.09 Å². The van der Waals surface area contributed by atoms with E-state index in [2.05, 4.69) is 15.9 Å². The Morgan fingerprint density at radius 1 is 1.20 bits per heavy atom. The normalized spacial score (nSPS) is 18.4. The molecule has 0 bridgehead atoms. The predicted octanol–water partition coefficient (Wildman–Crippen LogP) is 3.42. The molecule has 7 nitrogen and oxygen atoms in total. The first-order valence-corrected chi connectivity index (χ1v) is 11.7. The van der Waals surface area contributed by atoms with Crippen molar-refractivity contribution in [2.24, 2.45) is 0 Å². The minimum atomic E-state index is -0.205. The van der Waals surface area contributed by atoms with Gasteiger partial charge in [0, 0.05) is 25.7 Å². The molecule has 1 amide bonds. The SMILES string of the molecule is CCOC(=O)N1CCC(N2CN(CCc3ccc(OC)c(OC)c3)CSC2=S)CC1. The van der Waals surface area contributed by atoms with Crippen LogP contribution in [0.4, 0.5) is 4.79 Å². The summed E-state index contributed by atoms with van der Waals surface area (Å²) in [5, 5.41) is 0. The van der Waals surface area contributed by atoms with Gasteiger partial charge in [0.25, 0.3) is 0 Å². The molecule has 2 aliphatic heterocycles. The Labute approximate surface area is 188 Å². The fraction of sp³-hybridized carbons (Fsp3) is 0.619. The second kappa shape index (κ2) is 11.1. The number of ether oxygens (including phenoxy) is 3. The van der Waals surface area contributed by atoms with E-state index in [1.54, 1.807) is 30.9 Å². The zero-order valence-electron chi connectivity index (χ0n) is 18.0. The number of amides is 1. The maximum absolute atomic E-state index is 11.9. The lowest BCUT2D eigenvalue weighted by Gasteiger charge is -2.44. The van der Waals surface area contributed by atoms with Crippen molar-refractivity contribution in [2.75, 3.05) is 53.0 Å². The number of carbonyl (C=O) groups excluding carboxylic acids is 1. The fourth-order valence-corrected chi connectivity index (χ4v) is 5.08. The topological polar surface area (TPSA) is 54.5 Å². The van der Waals surface area contributed by atoms with Gasteiger partial charge in [-0.25, -0.2) is 4.79 Å². The first-order valence-electron chi connectivity index (χ1n) is 10.3. The Bertz CT molecular complexity index is 741. The number of thioether (sulfide) groups is 1. The predicted molar refractivity (Wildman–Crippen MR) is 123 cm³/mol. The third-order valence-corrected chi connectivity index (χ3v) is 7.12. The Hall–Kier alpha value is -1.71. The van der Waals surface area contributed by atoms with E-state index >= 15 is 0 Å². The van der Waals surface area contributed by atoms with Crippen LogP contribution in [0.3, 0.4) is 0 Å². The molecule has 2 saturated heterocycles. The number of carbonyl (C=O) groups is 1. The van der Waals surface area contributed by atoms with Crippen LogP contribution in [-0.2, 0) is 11.2 Å². The van der Waals surface area contributed by atoms with Crippen LogP contribution in [0.2, 0.25) is 0 Å². The van der Waals surface area contributed by atoms with Gasteiger partial charge >= 0.3 is 6.09 Å². The fourth-order valence-electron chi connectivity index (χ4n) is 3.84. The van der Waals surface area contributed by atoms with Crippen LogP contribution >= 0.6 is 24.0 Å². The van der Waals surface area contributed by atoms with Crippen molar-refractivity contribution < 1.29 is 19.0 Å². The molecule has 0 saturated carbocycles. The number of hydrogen-bond acceptors (Lipinski definition) is 7. The van der Waals surface area contributed by atoms with Gasteiger partial charge in [0.05, 0.1) is 33.4 Å². The van der Waals surface area contributed by atoms with Crippen LogP contribution < -0.4 is 9.47 Å². The number of thiocarbonyl (C=S) groups is 1. The Morgan fingerprint density at radius 3 is 2.60 bits per heavy atom. The van der Waals surface area contributed by atoms with Gasteiger partial charge in [-0.15, -0.1) is 0 Å².